The lowest BCUT2D eigenvalue weighted by Crippen LogP contribution is -1.89. The van der Waals surface area contributed by atoms with Gasteiger partial charge in [-0.3, -0.25) is 0 Å². The molecule has 3 aromatic rings. The van der Waals surface area contributed by atoms with Crippen LogP contribution in [0.2, 0.25) is 0 Å². The van der Waals surface area contributed by atoms with E-state index in [-0.39, 0.29) is 16.8 Å². The highest BCUT2D eigenvalue weighted by atomic mass is 19.1. The minimum absolute atomic E-state index is 0.0321. The van der Waals surface area contributed by atoms with Crippen LogP contribution in [0.25, 0.3) is 22.4 Å². The topological polar surface area (TPSA) is 37.9 Å². The van der Waals surface area contributed by atoms with E-state index in [4.69, 9.17) is 4.74 Å². The number of aromatic amines is 1. The van der Waals surface area contributed by atoms with Crippen LogP contribution in [0.4, 0.5) is 13.2 Å². The predicted molar refractivity (Wildman–Crippen MR) is 68.0 cm³/mol. The maximum absolute atomic E-state index is 13.6. The number of H-pyrrole nitrogens is 1. The highest BCUT2D eigenvalue weighted by Crippen LogP contribution is 2.27. The second kappa shape index (κ2) is 4.56. The van der Waals surface area contributed by atoms with E-state index in [9.17, 15) is 13.2 Å². The number of hydrogen-bond acceptors (Lipinski definition) is 2. The van der Waals surface area contributed by atoms with Gasteiger partial charge in [0.15, 0.2) is 17.4 Å². The van der Waals surface area contributed by atoms with Crippen molar-refractivity contribution >= 4 is 11.0 Å². The van der Waals surface area contributed by atoms with E-state index >= 15 is 0 Å². The molecular weight excluding hydrogens is 269 g/mol. The van der Waals surface area contributed by atoms with Crippen LogP contribution in [0, 0.1) is 17.5 Å². The van der Waals surface area contributed by atoms with Gasteiger partial charge >= 0.3 is 0 Å². The van der Waals surface area contributed by atoms with Crippen molar-refractivity contribution in [1.82, 2.24) is 9.97 Å². The standard InChI is InChI=1S/C14H9F3N2O/c1-20-12-4-7(2-3-9(12)16)14-18-11-6-8(15)5-10(17)13(11)19-14/h2-6H,1H3,(H,18,19). The van der Waals surface area contributed by atoms with Crippen LogP contribution in [0.15, 0.2) is 30.3 Å². The lowest BCUT2D eigenvalue weighted by Gasteiger charge is -2.03. The molecule has 1 aromatic heterocycles. The van der Waals surface area contributed by atoms with Crippen LogP contribution in [0.3, 0.4) is 0 Å². The molecule has 0 atom stereocenters. The molecule has 0 saturated heterocycles. The van der Waals surface area contributed by atoms with Gasteiger partial charge in [-0.25, -0.2) is 18.2 Å². The van der Waals surface area contributed by atoms with E-state index in [1.807, 2.05) is 0 Å². The molecule has 20 heavy (non-hydrogen) atoms. The first-order valence-corrected chi connectivity index (χ1v) is 5.77. The van der Waals surface area contributed by atoms with Crippen LogP contribution in [-0.2, 0) is 0 Å². The highest BCUT2D eigenvalue weighted by Gasteiger charge is 2.12. The quantitative estimate of drug-likeness (QED) is 0.777. The molecule has 1 N–H and O–H groups in total. The summed E-state index contributed by atoms with van der Waals surface area (Å²) in [7, 11) is 1.34. The second-order valence-corrected chi connectivity index (χ2v) is 4.22. The number of methoxy groups -OCH3 is 1. The summed E-state index contributed by atoms with van der Waals surface area (Å²) in [5.41, 5.74) is 0.782. The van der Waals surface area contributed by atoms with Crippen molar-refractivity contribution in [3.05, 3.63) is 47.8 Å². The highest BCUT2D eigenvalue weighted by molar-refractivity contribution is 5.80. The Labute approximate surface area is 112 Å². The fourth-order valence-corrected chi connectivity index (χ4v) is 1.99. The Bertz CT molecular complexity index is 798. The molecule has 0 amide bonds. The number of nitrogens with zero attached hydrogens (tertiary/aromatic N) is 1. The summed E-state index contributed by atoms with van der Waals surface area (Å²) < 4.78 is 44.9. The Morgan fingerprint density at radius 2 is 1.85 bits per heavy atom. The van der Waals surface area contributed by atoms with Gasteiger partial charge in [0.2, 0.25) is 0 Å². The van der Waals surface area contributed by atoms with Gasteiger partial charge in [0.1, 0.15) is 17.2 Å². The van der Waals surface area contributed by atoms with Crippen molar-refractivity contribution in [2.75, 3.05) is 7.11 Å². The molecule has 0 saturated carbocycles. The zero-order chi connectivity index (χ0) is 14.3. The molecule has 0 aliphatic heterocycles. The Morgan fingerprint density at radius 1 is 1.05 bits per heavy atom. The number of fused-ring (bicyclic) bond motifs is 1. The molecule has 0 spiro atoms. The minimum Gasteiger partial charge on any atom is -0.494 e. The maximum Gasteiger partial charge on any atom is 0.165 e. The van der Waals surface area contributed by atoms with Crippen molar-refractivity contribution in [2.45, 2.75) is 0 Å². The monoisotopic (exact) mass is 278 g/mol. The van der Waals surface area contributed by atoms with Gasteiger partial charge in [-0.1, -0.05) is 0 Å². The number of hydrogen-bond donors (Lipinski definition) is 1. The van der Waals surface area contributed by atoms with Gasteiger partial charge in [-0.2, -0.15) is 0 Å². The Kier molecular flexibility index (Phi) is 2.85. The molecule has 0 bridgehead atoms. The fourth-order valence-electron chi connectivity index (χ4n) is 1.99. The lowest BCUT2D eigenvalue weighted by molar-refractivity contribution is 0.387. The number of halogens is 3. The zero-order valence-electron chi connectivity index (χ0n) is 10.4. The van der Waals surface area contributed by atoms with Gasteiger partial charge in [0, 0.05) is 11.6 Å². The summed E-state index contributed by atoms with van der Waals surface area (Å²) in [6.45, 7) is 0. The Morgan fingerprint density at radius 3 is 2.60 bits per heavy atom. The van der Waals surface area contributed by atoms with Crippen LogP contribution >= 0.6 is 0 Å². The molecule has 3 nitrogen and oxygen atoms in total. The Hall–Kier alpha value is -2.50. The summed E-state index contributed by atoms with van der Waals surface area (Å²) >= 11 is 0. The number of aromatic nitrogens is 2. The summed E-state index contributed by atoms with van der Waals surface area (Å²) in [6, 6.07) is 6.04. The van der Waals surface area contributed by atoms with Gasteiger partial charge < -0.3 is 9.72 Å². The fraction of sp³-hybridized carbons (Fsp3) is 0.0714. The molecule has 0 fully saturated rings. The van der Waals surface area contributed by atoms with Crippen LogP contribution in [0.1, 0.15) is 0 Å². The van der Waals surface area contributed by atoms with Crippen LogP contribution < -0.4 is 4.74 Å². The van der Waals surface area contributed by atoms with E-state index in [2.05, 4.69) is 9.97 Å². The van der Waals surface area contributed by atoms with Crippen LogP contribution in [0.5, 0.6) is 5.75 Å². The number of benzene rings is 2. The molecule has 102 valence electrons. The third kappa shape index (κ3) is 1.99. The average molecular weight is 278 g/mol. The summed E-state index contributed by atoms with van der Waals surface area (Å²) in [4.78, 5) is 6.85. The first-order chi connectivity index (χ1) is 9.58. The van der Waals surface area contributed by atoms with E-state index < -0.39 is 17.5 Å². The number of nitrogens with one attached hydrogen (secondary N) is 1. The van der Waals surface area contributed by atoms with Crippen molar-refractivity contribution < 1.29 is 17.9 Å². The van der Waals surface area contributed by atoms with Crippen molar-refractivity contribution in [1.29, 1.82) is 0 Å². The number of rotatable bonds is 2. The molecule has 2 aromatic carbocycles. The number of ether oxygens (including phenoxy) is 1. The van der Waals surface area contributed by atoms with Gasteiger partial charge in [-0.15, -0.1) is 0 Å². The first kappa shape index (κ1) is 12.5. The molecule has 0 unspecified atom stereocenters. The molecule has 0 aliphatic carbocycles. The summed E-state index contributed by atoms with van der Waals surface area (Å²) in [6.07, 6.45) is 0. The van der Waals surface area contributed by atoms with E-state index in [1.54, 1.807) is 0 Å². The zero-order valence-corrected chi connectivity index (χ0v) is 10.4. The maximum atomic E-state index is 13.6. The van der Waals surface area contributed by atoms with Gasteiger partial charge in [-0.05, 0) is 24.3 Å². The molecule has 6 heteroatoms. The van der Waals surface area contributed by atoms with E-state index in [0.717, 1.165) is 12.1 Å². The molecule has 1 heterocycles. The van der Waals surface area contributed by atoms with Crippen LogP contribution in [-0.4, -0.2) is 17.1 Å². The van der Waals surface area contributed by atoms with Crippen molar-refractivity contribution in [3.8, 4) is 17.1 Å². The van der Waals surface area contributed by atoms with E-state index in [1.165, 1.54) is 25.3 Å². The number of imidazole rings is 1. The van der Waals surface area contributed by atoms with Gasteiger partial charge in [0.25, 0.3) is 0 Å². The molecule has 3 rings (SSSR count). The molecule has 0 radical (unpaired) electrons. The largest absolute Gasteiger partial charge is 0.494 e. The molecular formula is C14H9F3N2O. The third-order valence-electron chi connectivity index (χ3n) is 2.93. The van der Waals surface area contributed by atoms with Crippen molar-refractivity contribution in [2.24, 2.45) is 0 Å². The summed E-state index contributed by atoms with van der Waals surface area (Å²) in [5, 5.41) is 0. The smallest absolute Gasteiger partial charge is 0.165 e. The molecule has 0 aliphatic rings. The predicted octanol–water partition coefficient (Wildman–Crippen LogP) is 3.66. The minimum atomic E-state index is -0.753. The van der Waals surface area contributed by atoms with E-state index in [0.29, 0.717) is 11.4 Å². The Balaban J connectivity index is 2.17. The van der Waals surface area contributed by atoms with Crippen molar-refractivity contribution in [3.63, 3.8) is 0 Å². The third-order valence-corrected chi connectivity index (χ3v) is 2.93. The lowest BCUT2D eigenvalue weighted by atomic mass is 10.2. The summed E-state index contributed by atoms with van der Waals surface area (Å²) in [5.74, 6) is -1.60. The average Bonchev–Trinajstić information content (AvgIpc) is 2.83. The second-order valence-electron chi connectivity index (χ2n) is 4.22. The van der Waals surface area contributed by atoms with Gasteiger partial charge in [0.05, 0.1) is 12.6 Å². The normalized spacial score (nSPS) is 11.0. The first-order valence-electron chi connectivity index (χ1n) is 5.77. The SMILES string of the molecule is COc1cc(-c2nc3c(F)cc(F)cc3[nH]2)ccc1F.